The third-order valence-electron chi connectivity index (χ3n) is 6.04. The van der Waals surface area contributed by atoms with Crippen molar-refractivity contribution in [1.82, 2.24) is 4.98 Å². The van der Waals surface area contributed by atoms with E-state index in [1.54, 1.807) is 23.1 Å². The predicted octanol–water partition coefficient (Wildman–Crippen LogP) is 5.63. The first-order chi connectivity index (χ1) is 16.4. The number of anilines is 3. The second kappa shape index (κ2) is 7.65. The van der Waals surface area contributed by atoms with Crippen LogP contribution in [-0.4, -0.2) is 25.9 Å². The monoisotopic (exact) mass is 485 g/mol. The summed E-state index contributed by atoms with van der Waals surface area (Å²) in [6, 6.07) is 25.9. The Kier molecular flexibility index (Phi) is 4.68. The summed E-state index contributed by atoms with van der Waals surface area (Å²) >= 11 is 1.40. The number of sulfonamides is 1. The van der Waals surface area contributed by atoms with Gasteiger partial charge in [-0.2, -0.15) is 0 Å². The SMILES string of the molecule is Cc1ccccc1N(C(=O)CN1c2cccc3cccc(c23)S1(=O)=O)c1nc2ccccc2s1. The first kappa shape index (κ1) is 20.8. The van der Waals surface area contributed by atoms with Crippen molar-refractivity contribution in [3.05, 3.63) is 90.5 Å². The van der Waals surface area contributed by atoms with Crippen molar-refractivity contribution in [2.75, 3.05) is 15.7 Å². The standard InChI is InChI=1S/C26H19N3O3S2/c1-17-8-2-4-12-20(17)29(26-27-19-11-3-5-14-22(19)33-26)24(30)16-28-21-13-6-9-18-10-7-15-23(25(18)21)34(28,31)32/h2-15H,16H2,1H3. The number of hydrogen-bond donors (Lipinski definition) is 0. The third-order valence-corrected chi connectivity index (χ3v) is 8.86. The zero-order chi connectivity index (χ0) is 23.4. The molecule has 0 bridgehead atoms. The highest BCUT2D eigenvalue weighted by atomic mass is 32.2. The molecular weight excluding hydrogens is 466 g/mol. The highest BCUT2D eigenvalue weighted by molar-refractivity contribution is 7.93. The number of thiazole rings is 1. The summed E-state index contributed by atoms with van der Waals surface area (Å²) < 4.78 is 29.1. The molecule has 0 unspecified atom stereocenters. The van der Waals surface area contributed by atoms with Crippen molar-refractivity contribution < 1.29 is 13.2 Å². The fourth-order valence-electron chi connectivity index (χ4n) is 4.44. The van der Waals surface area contributed by atoms with Crippen LogP contribution in [0.2, 0.25) is 0 Å². The Morgan fingerprint density at radius 2 is 1.68 bits per heavy atom. The zero-order valence-electron chi connectivity index (χ0n) is 18.2. The van der Waals surface area contributed by atoms with Gasteiger partial charge in [0.2, 0.25) is 0 Å². The van der Waals surface area contributed by atoms with Crippen LogP contribution in [0.4, 0.5) is 16.5 Å². The van der Waals surface area contributed by atoms with Gasteiger partial charge in [0.15, 0.2) is 5.13 Å². The van der Waals surface area contributed by atoms with Gasteiger partial charge in [-0.1, -0.05) is 65.9 Å². The molecule has 0 fully saturated rings. The van der Waals surface area contributed by atoms with Gasteiger partial charge in [0, 0.05) is 5.39 Å². The van der Waals surface area contributed by atoms with Gasteiger partial charge in [-0.15, -0.1) is 0 Å². The van der Waals surface area contributed by atoms with Gasteiger partial charge >= 0.3 is 0 Å². The molecular formula is C26H19N3O3S2. The zero-order valence-corrected chi connectivity index (χ0v) is 19.8. The predicted molar refractivity (Wildman–Crippen MR) is 136 cm³/mol. The van der Waals surface area contributed by atoms with E-state index in [-0.39, 0.29) is 17.3 Å². The molecule has 1 aliphatic heterocycles. The van der Waals surface area contributed by atoms with E-state index in [1.807, 2.05) is 73.7 Å². The maximum atomic E-state index is 13.9. The number of benzene rings is 4. The molecule has 1 amide bonds. The number of hydrogen-bond acceptors (Lipinski definition) is 5. The molecule has 0 radical (unpaired) electrons. The lowest BCUT2D eigenvalue weighted by Gasteiger charge is -2.25. The Hall–Kier alpha value is -3.75. The molecule has 0 aliphatic carbocycles. The van der Waals surface area contributed by atoms with E-state index < -0.39 is 10.0 Å². The number of para-hydroxylation sites is 2. The minimum absolute atomic E-state index is 0.232. The number of nitrogens with zero attached hydrogens (tertiary/aromatic N) is 3. The minimum Gasteiger partial charge on any atom is -0.272 e. The molecule has 5 aromatic rings. The van der Waals surface area contributed by atoms with E-state index in [2.05, 4.69) is 0 Å². The number of aryl methyl sites for hydroxylation is 1. The number of carbonyl (C=O) groups is 1. The van der Waals surface area contributed by atoms with Crippen molar-refractivity contribution >= 4 is 64.8 Å². The van der Waals surface area contributed by atoms with Crippen LogP contribution in [0, 0.1) is 6.92 Å². The Bertz CT molecular complexity index is 1670. The maximum absolute atomic E-state index is 13.9. The van der Waals surface area contributed by atoms with Crippen LogP contribution < -0.4 is 9.21 Å². The van der Waals surface area contributed by atoms with Crippen LogP contribution in [0.5, 0.6) is 0 Å². The fourth-order valence-corrected chi connectivity index (χ4v) is 7.09. The molecule has 6 nitrogen and oxygen atoms in total. The van der Waals surface area contributed by atoms with Crippen molar-refractivity contribution in [3.8, 4) is 0 Å². The van der Waals surface area contributed by atoms with Gasteiger partial charge in [0.25, 0.3) is 15.9 Å². The Morgan fingerprint density at radius 3 is 2.47 bits per heavy atom. The van der Waals surface area contributed by atoms with Gasteiger partial charge in [-0.05, 0) is 48.2 Å². The van der Waals surface area contributed by atoms with Crippen LogP contribution in [0.1, 0.15) is 5.56 Å². The molecule has 0 N–H and O–H groups in total. The van der Waals surface area contributed by atoms with Crippen molar-refractivity contribution in [1.29, 1.82) is 0 Å². The lowest BCUT2D eigenvalue weighted by molar-refractivity contribution is -0.116. The lowest BCUT2D eigenvalue weighted by atomic mass is 10.1. The van der Waals surface area contributed by atoms with Gasteiger partial charge in [0.1, 0.15) is 6.54 Å². The average Bonchev–Trinajstić information content (AvgIpc) is 3.35. The second-order valence-corrected chi connectivity index (χ2v) is 11.0. The molecule has 4 aromatic carbocycles. The lowest BCUT2D eigenvalue weighted by Crippen LogP contribution is -2.40. The minimum atomic E-state index is -3.86. The van der Waals surface area contributed by atoms with Crippen molar-refractivity contribution in [2.24, 2.45) is 0 Å². The molecule has 2 heterocycles. The summed E-state index contributed by atoms with van der Waals surface area (Å²) in [4.78, 5) is 20.3. The number of fused-ring (bicyclic) bond motifs is 1. The molecule has 0 saturated heterocycles. The van der Waals surface area contributed by atoms with Crippen LogP contribution in [0.3, 0.4) is 0 Å². The topological polar surface area (TPSA) is 70.6 Å². The van der Waals surface area contributed by atoms with Crippen molar-refractivity contribution in [3.63, 3.8) is 0 Å². The maximum Gasteiger partial charge on any atom is 0.265 e. The molecule has 0 spiro atoms. The average molecular weight is 486 g/mol. The largest absolute Gasteiger partial charge is 0.272 e. The normalized spacial score (nSPS) is 14.1. The van der Waals surface area contributed by atoms with Gasteiger partial charge in [-0.3, -0.25) is 14.0 Å². The van der Waals surface area contributed by atoms with E-state index in [9.17, 15) is 13.2 Å². The van der Waals surface area contributed by atoms with E-state index in [0.29, 0.717) is 21.9 Å². The quantitative estimate of drug-likeness (QED) is 0.331. The number of rotatable bonds is 4. The highest BCUT2D eigenvalue weighted by Crippen LogP contribution is 2.42. The smallest absolute Gasteiger partial charge is 0.265 e. The van der Waals surface area contributed by atoms with Crippen molar-refractivity contribution in [2.45, 2.75) is 11.8 Å². The Balaban J connectivity index is 1.47. The van der Waals surface area contributed by atoms with E-state index >= 15 is 0 Å². The summed E-state index contributed by atoms with van der Waals surface area (Å²) in [5, 5.41) is 1.99. The summed E-state index contributed by atoms with van der Waals surface area (Å²) in [6.07, 6.45) is 0. The summed E-state index contributed by atoms with van der Waals surface area (Å²) in [7, 11) is -3.86. The second-order valence-electron chi connectivity index (χ2n) is 8.12. The molecule has 168 valence electrons. The summed E-state index contributed by atoms with van der Waals surface area (Å²) in [5.41, 5.74) is 2.89. The Labute approximate surface area is 200 Å². The summed E-state index contributed by atoms with van der Waals surface area (Å²) in [5.74, 6) is -0.373. The highest BCUT2D eigenvalue weighted by Gasteiger charge is 2.38. The fraction of sp³-hybridized carbons (Fsp3) is 0.0769. The molecule has 0 saturated carbocycles. The van der Waals surface area contributed by atoms with Crippen LogP contribution >= 0.6 is 11.3 Å². The van der Waals surface area contributed by atoms with Crippen LogP contribution in [0.15, 0.2) is 89.8 Å². The van der Waals surface area contributed by atoms with Crippen LogP contribution in [-0.2, 0) is 14.8 Å². The Morgan fingerprint density at radius 1 is 0.941 bits per heavy atom. The number of aromatic nitrogens is 1. The first-order valence-corrected chi connectivity index (χ1v) is 13.0. The van der Waals surface area contributed by atoms with E-state index in [4.69, 9.17) is 4.98 Å². The third kappa shape index (κ3) is 3.10. The summed E-state index contributed by atoms with van der Waals surface area (Å²) in [6.45, 7) is 1.59. The molecule has 34 heavy (non-hydrogen) atoms. The number of carbonyl (C=O) groups excluding carboxylic acids is 1. The van der Waals surface area contributed by atoms with E-state index in [0.717, 1.165) is 21.2 Å². The molecule has 6 rings (SSSR count). The molecule has 8 heteroatoms. The molecule has 0 atom stereocenters. The molecule has 1 aliphatic rings. The van der Waals surface area contributed by atoms with Crippen LogP contribution in [0.25, 0.3) is 21.0 Å². The van der Waals surface area contributed by atoms with E-state index in [1.165, 1.54) is 15.6 Å². The van der Waals surface area contributed by atoms with Gasteiger partial charge in [-0.25, -0.2) is 13.4 Å². The first-order valence-electron chi connectivity index (χ1n) is 10.7. The van der Waals surface area contributed by atoms with Gasteiger partial charge < -0.3 is 0 Å². The number of amides is 1. The van der Waals surface area contributed by atoms with Gasteiger partial charge in [0.05, 0.1) is 26.5 Å². The molecule has 1 aromatic heterocycles.